The quantitative estimate of drug-likeness (QED) is 0.651. The fraction of sp³-hybridized carbons (Fsp3) is 0.154. The van der Waals surface area contributed by atoms with Gasteiger partial charge in [-0.25, -0.2) is 0 Å². The summed E-state index contributed by atoms with van der Waals surface area (Å²) in [7, 11) is 0. The van der Waals surface area contributed by atoms with Crippen molar-refractivity contribution >= 4 is 34.7 Å². The average Bonchev–Trinajstić information content (AvgIpc) is 2.45. The number of nitrogens with one attached hydrogen (secondary N) is 1. The van der Waals surface area contributed by atoms with Crippen LogP contribution >= 0.6 is 24.0 Å². The second-order valence-electron chi connectivity index (χ2n) is 3.82. The highest BCUT2D eigenvalue weighted by Gasteiger charge is 2.10. The highest BCUT2D eigenvalue weighted by Crippen LogP contribution is 2.27. The van der Waals surface area contributed by atoms with Crippen LogP contribution in [0.2, 0.25) is 0 Å². The van der Waals surface area contributed by atoms with E-state index in [0.717, 1.165) is 21.8 Å². The van der Waals surface area contributed by atoms with Crippen molar-refractivity contribution in [3.8, 4) is 0 Å². The number of hydrogen-bond donors (Lipinski definition) is 2. The van der Waals surface area contributed by atoms with Gasteiger partial charge in [-0.2, -0.15) is 10.2 Å². The minimum Gasteiger partial charge on any atom is -0.389 e. The summed E-state index contributed by atoms with van der Waals surface area (Å²) in [6.07, 6.45) is 3.65. The molecule has 0 spiro atoms. The topological polar surface area (TPSA) is 63.8 Å². The third-order valence-electron chi connectivity index (χ3n) is 2.58. The standard InChI is InChI=1S/C13H14N4S2/c1-19-11-6-2-5-10(12(11)13(14)18)15-8-9-4-3-7-16-17-9/h2-7,15H,8H2,1H3,(H2,14,18). The van der Waals surface area contributed by atoms with E-state index in [2.05, 4.69) is 15.5 Å². The Hall–Kier alpha value is -1.66. The normalized spacial score (nSPS) is 10.2. The van der Waals surface area contributed by atoms with E-state index in [0.29, 0.717) is 11.5 Å². The Morgan fingerprint density at radius 1 is 1.37 bits per heavy atom. The molecule has 6 heteroatoms. The molecule has 0 aliphatic carbocycles. The number of benzene rings is 1. The molecule has 0 bridgehead atoms. The molecule has 2 rings (SSSR count). The lowest BCUT2D eigenvalue weighted by Gasteiger charge is -2.13. The molecule has 1 aromatic heterocycles. The SMILES string of the molecule is CSc1cccc(NCc2cccnn2)c1C(N)=S. The van der Waals surface area contributed by atoms with Gasteiger partial charge in [0.2, 0.25) is 0 Å². The Bertz CT molecular complexity index is 572. The van der Waals surface area contributed by atoms with E-state index in [9.17, 15) is 0 Å². The van der Waals surface area contributed by atoms with Gasteiger partial charge in [0.05, 0.1) is 12.2 Å². The molecule has 98 valence electrons. The molecule has 0 amide bonds. The molecule has 0 radical (unpaired) electrons. The zero-order valence-corrected chi connectivity index (χ0v) is 12.1. The number of nitrogens with zero attached hydrogens (tertiary/aromatic N) is 2. The van der Waals surface area contributed by atoms with E-state index in [1.807, 2.05) is 36.6 Å². The van der Waals surface area contributed by atoms with E-state index in [1.54, 1.807) is 18.0 Å². The van der Waals surface area contributed by atoms with Gasteiger partial charge < -0.3 is 11.1 Å². The van der Waals surface area contributed by atoms with Gasteiger partial charge in [0.25, 0.3) is 0 Å². The fourth-order valence-corrected chi connectivity index (χ4v) is 2.64. The molecule has 3 N–H and O–H groups in total. The van der Waals surface area contributed by atoms with Gasteiger partial charge in [0.15, 0.2) is 0 Å². The summed E-state index contributed by atoms with van der Waals surface area (Å²) in [5.41, 5.74) is 8.48. The van der Waals surface area contributed by atoms with Crippen LogP contribution in [0.1, 0.15) is 11.3 Å². The van der Waals surface area contributed by atoms with Crippen molar-refractivity contribution in [3.05, 3.63) is 47.8 Å². The maximum absolute atomic E-state index is 5.81. The van der Waals surface area contributed by atoms with Crippen LogP contribution in [-0.4, -0.2) is 21.4 Å². The molecule has 1 heterocycles. The van der Waals surface area contributed by atoms with Crippen molar-refractivity contribution in [2.45, 2.75) is 11.4 Å². The minimum absolute atomic E-state index is 0.395. The van der Waals surface area contributed by atoms with E-state index in [1.165, 1.54) is 0 Å². The van der Waals surface area contributed by atoms with Gasteiger partial charge in [-0.15, -0.1) is 11.8 Å². The second kappa shape index (κ2) is 6.49. The number of nitrogens with two attached hydrogens (primary N) is 1. The van der Waals surface area contributed by atoms with Gasteiger partial charge in [-0.3, -0.25) is 0 Å². The summed E-state index contributed by atoms with van der Waals surface area (Å²) in [5, 5.41) is 11.2. The van der Waals surface area contributed by atoms with Crippen LogP contribution in [0, 0.1) is 0 Å². The molecular formula is C13H14N4S2. The van der Waals surface area contributed by atoms with Crippen LogP contribution in [0.3, 0.4) is 0 Å². The number of rotatable bonds is 5. The predicted octanol–water partition coefficient (Wildman–Crippen LogP) is 2.44. The first-order valence-electron chi connectivity index (χ1n) is 5.69. The Labute approximate surface area is 121 Å². The average molecular weight is 290 g/mol. The minimum atomic E-state index is 0.395. The largest absolute Gasteiger partial charge is 0.389 e. The van der Waals surface area contributed by atoms with Crippen molar-refractivity contribution in [2.24, 2.45) is 5.73 Å². The van der Waals surface area contributed by atoms with Gasteiger partial charge in [-0.05, 0) is 30.5 Å². The summed E-state index contributed by atoms with van der Waals surface area (Å²) < 4.78 is 0. The van der Waals surface area contributed by atoms with Crippen LogP contribution < -0.4 is 11.1 Å². The van der Waals surface area contributed by atoms with Crippen molar-refractivity contribution in [3.63, 3.8) is 0 Å². The van der Waals surface area contributed by atoms with Crippen LogP contribution in [0.25, 0.3) is 0 Å². The van der Waals surface area contributed by atoms with Crippen molar-refractivity contribution in [2.75, 3.05) is 11.6 Å². The summed E-state index contributed by atoms with van der Waals surface area (Å²) >= 11 is 6.75. The lowest BCUT2D eigenvalue weighted by molar-refractivity contribution is 0.924. The first-order chi connectivity index (χ1) is 9.22. The molecule has 0 unspecified atom stereocenters. The Morgan fingerprint density at radius 2 is 2.21 bits per heavy atom. The number of thiocarbonyl (C=S) groups is 1. The number of aromatic nitrogens is 2. The smallest absolute Gasteiger partial charge is 0.107 e. The highest BCUT2D eigenvalue weighted by molar-refractivity contribution is 7.98. The van der Waals surface area contributed by atoms with Crippen LogP contribution in [0.4, 0.5) is 5.69 Å². The molecule has 0 aliphatic rings. The van der Waals surface area contributed by atoms with Crippen molar-refractivity contribution in [1.29, 1.82) is 0 Å². The zero-order valence-electron chi connectivity index (χ0n) is 10.5. The predicted molar refractivity (Wildman–Crippen MR) is 83.5 cm³/mol. The molecule has 19 heavy (non-hydrogen) atoms. The fourth-order valence-electron chi connectivity index (χ4n) is 1.72. The summed E-state index contributed by atoms with van der Waals surface area (Å²) in [5.74, 6) is 0. The Morgan fingerprint density at radius 3 is 2.84 bits per heavy atom. The molecule has 0 atom stereocenters. The van der Waals surface area contributed by atoms with Crippen LogP contribution in [0.5, 0.6) is 0 Å². The second-order valence-corrected chi connectivity index (χ2v) is 5.10. The molecular weight excluding hydrogens is 276 g/mol. The van der Waals surface area contributed by atoms with Crippen molar-refractivity contribution < 1.29 is 0 Å². The molecule has 4 nitrogen and oxygen atoms in total. The van der Waals surface area contributed by atoms with E-state index in [4.69, 9.17) is 18.0 Å². The first kappa shape index (κ1) is 13.8. The first-order valence-corrected chi connectivity index (χ1v) is 7.33. The lowest BCUT2D eigenvalue weighted by atomic mass is 10.1. The zero-order chi connectivity index (χ0) is 13.7. The lowest BCUT2D eigenvalue weighted by Crippen LogP contribution is -2.14. The summed E-state index contributed by atoms with van der Waals surface area (Å²) in [6, 6.07) is 9.72. The molecule has 0 fully saturated rings. The third-order valence-corrected chi connectivity index (χ3v) is 3.56. The molecule has 0 aliphatic heterocycles. The Balaban J connectivity index is 2.23. The maximum atomic E-state index is 5.81. The van der Waals surface area contributed by atoms with Gasteiger partial charge in [0.1, 0.15) is 4.99 Å². The number of hydrogen-bond acceptors (Lipinski definition) is 5. The van der Waals surface area contributed by atoms with E-state index in [-0.39, 0.29) is 0 Å². The Kier molecular flexibility index (Phi) is 4.70. The molecule has 0 saturated carbocycles. The van der Waals surface area contributed by atoms with Crippen molar-refractivity contribution in [1.82, 2.24) is 10.2 Å². The van der Waals surface area contributed by atoms with Crippen LogP contribution in [0.15, 0.2) is 41.4 Å². The summed E-state index contributed by atoms with van der Waals surface area (Å²) in [4.78, 5) is 1.46. The van der Waals surface area contributed by atoms with E-state index >= 15 is 0 Å². The number of anilines is 1. The molecule has 1 aromatic carbocycles. The number of thioether (sulfide) groups is 1. The van der Waals surface area contributed by atoms with Gasteiger partial charge in [0, 0.05) is 22.3 Å². The molecule has 2 aromatic rings. The highest BCUT2D eigenvalue weighted by atomic mass is 32.2. The monoisotopic (exact) mass is 290 g/mol. The van der Waals surface area contributed by atoms with E-state index < -0.39 is 0 Å². The molecule has 0 saturated heterocycles. The third kappa shape index (κ3) is 3.42. The summed E-state index contributed by atoms with van der Waals surface area (Å²) in [6.45, 7) is 0.585. The maximum Gasteiger partial charge on any atom is 0.107 e. The van der Waals surface area contributed by atoms with Gasteiger partial charge in [-0.1, -0.05) is 18.3 Å². The van der Waals surface area contributed by atoms with Gasteiger partial charge >= 0.3 is 0 Å². The van der Waals surface area contributed by atoms with Crippen LogP contribution in [-0.2, 0) is 6.54 Å².